The minimum atomic E-state index is -0.624. The molecule has 6 heteroatoms. The number of piperidine rings is 1. The van der Waals surface area contributed by atoms with Crippen molar-refractivity contribution in [2.75, 3.05) is 0 Å². The van der Waals surface area contributed by atoms with Crippen LogP contribution in [0.5, 0.6) is 0 Å². The van der Waals surface area contributed by atoms with Crippen molar-refractivity contribution < 1.29 is 13.6 Å². The standard InChI is InChI=1S/C17H19ClF2N2O/c18-11-7-12(19)9(3-13(11)20)4-14(8-1-2-8)22-17(23)16-6-10-5-15(10)21-16/h3,7-8,10,14-16,21H,1-2,4-6H2,(H,22,23)/t10-,14?,15-,16-/m1/s1. The third-order valence-electron chi connectivity index (χ3n) is 5.24. The summed E-state index contributed by atoms with van der Waals surface area (Å²) in [5.74, 6) is -0.150. The van der Waals surface area contributed by atoms with Gasteiger partial charge < -0.3 is 10.6 Å². The molecule has 1 unspecified atom stereocenters. The fourth-order valence-electron chi connectivity index (χ4n) is 3.60. The van der Waals surface area contributed by atoms with Crippen LogP contribution in [0.3, 0.4) is 0 Å². The van der Waals surface area contributed by atoms with Gasteiger partial charge in [-0.1, -0.05) is 11.6 Å². The molecule has 0 bridgehead atoms. The second-order valence-corrected chi connectivity index (χ2v) is 7.48. The fourth-order valence-corrected chi connectivity index (χ4v) is 3.75. The molecule has 2 N–H and O–H groups in total. The van der Waals surface area contributed by atoms with Crippen molar-refractivity contribution in [1.82, 2.24) is 10.6 Å². The Morgan fingerprint density at radius 3 is 2.74 bits per heavy atom. The third kappa shape index (κ3) is 3.22. The van der Waals surface area contributed by atoms with Crippen LogP contribution in [0, 0.1) is 23.5 Å². The predicted molar refractivity (Wildman–Crippen MR) is 83.2 cm³/mol. The first-order chi connectivity index (χ1) is 11.0. The molecule has 2 aliphatic carbocycles. The molecule has 124 valence electrons. The molecule has 4 atom stereocenters. The van der Waals surface area contributed by atoms with Gasteiger partial charge in [-0.25, -0.2) is 8.78 Å². The molecule has 3 fully saturated rings. The van der Waals surface area contributed by atoms with Crippen LogP contribution < -0.4 is 10.6 Å². The van der Waals surface area contributed by atoms with Gasteiger partial charge in [-0.15, -0.1) is 0 Å². The second kappa shape index (κ2) is 5.71. The molecule has 23 heavy (non-hydrogen) atoms. The van der Waals surface area contributed by atoms with E-state index in [0.717, 1.165) is 31.4 Å². The Kier molecular flexibility index (Phi) is 3.81. The molecule has 1 aromatic carbocycles. The van der Waals surface area contributed by atoms with Gasteiger partial charge in [0.25, 0.3) is 0 Å². The lowest BCUT2D eigenvalue weighted by atomic mass is 10.0. The summed E-state index contributed by atoms with van der Waals surface area (Å²) in [5.41, 5.74) is 0.270. The molecule has 1 aromatic rings. The minimum absolute atomic E-state index is 0.0102. The first-order valence-corrected chi connectivity index (χ1v) is 8.59. The van der Waals surface area contributed by atoms with Crippen LogP contribution in [0.25, 0.3) is 0 Å². The number of halogens is 3. The summed E-state index contributed by atoms with van der Waals surface area (Å²) in [7, 11) is 0. The number of carbonyl (C=O) groups is 1. The quantitative estimate of drug-likeness (QED) is 0.809. The van der Waals surface area contributed by atoms with Gasteiger partial charge in [0.2, 0.25) is 5.91 Å². The summed E-state index contributed by atoms with van der Waals surface area (Å²) in [5, 5.41) is 6.15. The molecule has 0 radical (unpaired) electrons. The van der Waals surface area contributed by atoms with E-state index in [1.165, 1.54) is 6.42 Å². The van der Waals surface area contributed by atoms with E-state index in [1.807, 2.05) is 0 Å². The van der Waals surface area contributed by atoms with Crippen LogP contribution in [0.15, 0.2) is 12.1 Å². The number of rotatable bonds is 5. The van der Waals surface area contributed by atoms with Gasteiger partial charge in [-0.3, -0.25) is 4.79 Å². The number of nitrogens with one attached hydrogen (secondary N) is 2. The Labute approximate surface area is 138 Å². The van der Waals surface area contributed by atoms with Crippen LogP contribution in [0.1, 0.15) is 31.2 Å². The topological polar surface area (TPSA) is 41.1 Å². The third-order valence-corrected chi connectivity index (χ3v) is 5.53. The van der Waals surface area contributed by atoms with E-state index >= 15 is 0 Å². The second-order valence-electron chi connectivity index (χ2n) is 7.07. The van der Waals surface area contributed by atoms with E-state index in [1.54, 1.807) is 0 Å². The molecule has 3 nitrogen and oxygen atoms in total. The zero-order valence-electron chi connectivity index (χ0n) is 12.6. The molecular weight excluding hydrogens is 322 g/mol. The highest BCUT2D eigenvalue weighted by atomic mass is 35.5. The molecule has 4 rings (SSSR count). The number of fused-ring (bicyclic) bond motifs is 1. The zero-order valence-corrected chi connectivity index (χ0v) is 13.4. The first kappa shape index (κ1) is 15.3. The summed E-state index contributed by atoms with van der Waals surface area (Å²) in [6.45, 7) is 0. The van der Waals surface area contributed by atoms with Crippen molar-refractivity contribution in [2.24, 2.45) is 11.8 Å². The molecular formula is C17H19ClF2N2O. The molecule has 1 saturated heterocycles. The SMILES string of the molecule is O=C(NC(Cc1cc(F)c(Cl)cc1F)C1CC1)[C@H]1C[C@H]2C[C@H]2N1. The maximum atomic E-state index is 14.0. The van der Waals surface area contributed by atoms with Gasteiger partial charge >= 0.3 is 0 Å². The highest BCUT2D eigenvalue weighted by Gasteiger charge is 2.48. The fraction of sp³-hybridized carbons (Fsp3) is 0.588. The van der Waals surface area contributed by atoms with Gasteiger partial charge in [-0.2, -0.15) is 0 Å². The largest absolute Gasteiger partial charge is 0.351 e. The lowest BCUT2D eigenvalue weighted by Gasteiger charge is -2.22. The van der Waals surface area contributed by atoms with Crippen LogP contribution in [0.4, 0.5) is 8.78 Å². The Hall–Kier alpha value is -1.20. The maximum Gasteiger partial charge on any atom is 0.237 e. The van der Waals surface area contributed by atoms with Crippen LogP contribution in [-0.2, 0) is 11.2 Å². The number of amides is 1. The van der Waals surface area contributed by atoms with E-state index in [9.17, 15) is 13.6 Å². The van der Waals surface area contributed by atoms with Gasteiger partial charge in [0.1, 0.15) is 11.6 Å². The van der Waals surface area contributed by atoms with Gasteiger partial charge in [0, 0.05) is 12.1 Å². The average molecular weight is 341 g/mol. The van der Waals surface area contributed by atoms with E-state index in [0.29, 0.717) is 24.3 Å². The van der Waals surface area contributed by atoms with Gasteiger partial charge in [-0.05, 0) is 61.6 Å². The van der Waals surface area contributed by atoms with E-state index in [2.05, 4.69) is 10.6 Å². The summed E-state index contributed by atoms with van der Waals surface area (Å²) < 4.78 is 27.6. The van der Waals surface area contributed by atoms with Crippen LogP contribution >= 0.6 is 11.6 Å². The number of carbonyl (C=O) groups excluding carboxylic acids is 1. The van der Waals surface area contributed by atoms with Crippen LogP contribution in [0.2, 0.25) is 5.02 Å². The van der Waals surface area contributed by atoms with Gasteiger partial charge in [0.05, 0.1) is 11.1 Å². The van der Waals surface area contributed by atoms with Crippen LogP contribution in [-0.4, -0.2) is 24.0 Å². The molecule has 2 saturated carbocycles. The summed E-state index contributed by atoms with van der Waals surface area (Å²) in [6.07, 6.45) is 4.40. The molecule has 0 spiro atoms. The Balaban J connectivity index is 1.44. The molecule has 1 amide bonds. The van der Waals surface area contributed by atoms with Crippen molar-refractivity contribution in [3.8, 4) is 0 Å². The van der Waals surface area contributed by atoms with E-state index < -0.39 is 11.6 Å². The highest BCUT2D eigenvalue weighted by Crippen LogP contribution is 2.41. The number of benzene rings is 1. The number of hydrogen-bond acceptors (Lipinski definition) is 2. The lowest BCUT2D eigenvalue weighted by molar-refractivity contribution is -0.123. The lowest BCUT2D eigenvalue weighted by Crippen LogP contribution is -2.48. The van der Waals surface area contributed by atoms with E-state index in [4.69, 9.17) is 11.6 Å². The van der Waals surface area contributed by atoms with Crippen molar-refractivity contribution >= 4 is 17.5 Å². The monoisotopic (exact) mass is 340 g/mol. The predicted octanol–water partition coefficient (Wildman–Crippen LogP) is 2.81. The molecule has 3 aliphatic rings. The smallest absolute Gasteiger partial charge is 0.237 e. The number of hydrogen-bond donors (Lipinski definition) is 2. The Morgan fingerprint density at radius 2 is 2.09 bits per heavy atom. The summed E-state index contributed by atoms with van der Waals surface area (Å²) in [6, 6.07) is 2.38. The van der Waals surface area contributed by atoms with Gasteiger partial charge in [0.15, 0.2) is 0 Å². The summed E-state index contributed by atoms with van der Waals surface area (Å²) in [4.78, 5) is 12.4. The van der Waals surface area contributed by atoms with Crippen molar-refractivity contribution in [3.05, 3.63) is 34.4 Å². The highest BCUT2D eigenvalue weighted by molar-refractivity contribution is 6.30. The maximum absolute atomic E-state index is 14.0. The van der Waals surface area contributed by atoms with Crippen molar-refractivity contribution in [3.63, 3.8) is 0 Å². The Bertz CT molecular complexity index is 640. The minimum Gasteiger partial charge on any atom is -0.351 e. The normalized spacial score (nSPS) is 30.0. The van der Waals surface area contributed by atoms with Crippen molar-refractivity contribution in [1.29, 1.82) is 0 Å². The van der Waals surface area contributed by atoms with E-state index in [-0.39, 0.29) is 28.6 Å². The zero-order chi connectivity index (χ0) is 16.1. The first-order valence-electron chi connectivity index (χ1n) is 8.21. The molecule has 1 aliphatic heterocycles. The molecule has 0 aromatic heterocycles. The average Bonchev–Trinajstić information content (AvgIpc) is 3.43. The summed E-state index contributed by atoms with van der Waals surface area (Å²) >= 11 is 5.59. The van der Waals surface area contributed by atoms with Crippen molar-refractivity contribution in [2.45, 2.75) is 50.2 Å². The molecule has 1 heterocycles. The Morgan fingerprint density at radius 1 is 1.30 bits per heavy atom.